The van der Waals surface area contributed by atoms with Gasteiger partial charge in [0.25, 0.3) is 0 Å². The number of carbonyl (C=O) groups is 1. The summed E-state index contributed by atoms with van der Waals surface area (Å²) in [6.45, 7) is 5.27. The first-order chi connectivity index (χ1) is 12.6. The lowest BCUT2D eigenvalue weighted by Gasteiger charge is -2.23. The van der Waals surface area contributed by atoms with Crippen molar-refractivity contribution in [1.29, 1.82) is 0 Å². The summed E-state index contributed by atoms with van der Waals surface area (Å²) >= 11 is 0. The van der Waals surface area contributed by atoms with E-state index in [1.54, 1.807) is 0 Å². The Balaban J connectivity index is 1.70. The average Bonchev–Trinajstić information content (AvgIpc) is 2.99. The third kappa shape index (κ3) is 4.60. The van der Waals surface area contributed by atoms with Gasteiger partial charge in [-0.1, -0.05) is 48.5 Å². The Hall–Kier alpha value is -2.88. The molecule has 0 saturated carbocycles. The average molecular weight is 347 g/mol. The van der Waals surface area contributed by atoms with Gasteiger partial charge in [-0.25, -0.2) is 0 Å². The lowest BCUT2D eigenvalue weighted by molar-refractivity contribution is -0.118. The molecule has 4 heteroatoms. The molecule has 0 bridgehead atoms. The number of amides is 1. The van der Waals surface area contributed by atoms with Gasteiger partial charge in [0.1, 0.15) is 0 Å². The first-order valence-electron chi connectivity index (χ1n) is 9.04. The van der Waals surface area contributed by atoms with Gasteiger partial charge in [0.2, 0.25) is 5.91 Å². The quantitative estimate of drug-likeness (QED) is 0.643. The van der Waals surface area contributed by atoms with Crippen LogP contribution in [-0.2, 0) is 17.8 Å². The standard InChI is InChI=1S/C22H25N3O/c1-18-17-19(2)25(23-18)16-14-22(26)24(21-11-7-4-8-12-21)15-13-20-9-5-3-6-10-20/h3-12,17H,13-16H2,1-2H3. The number of nitrogens with zero attached hydrogens (tertiary/aromatic N) is 3. The number of anilines is 1. The van der Waals surface area contributed by atoms with Crippen LogP contribution in [0.2, 0.25) is 0 Å². The van der Waals surface area contributed by atoms with Crippen molar-refractivity contribution < 1.29 is 4.79 Å². The van der Waals surface area contributed by atoms with E-state index in [4.69, 9.17) is 0 Å². The summed E-state index contributed by atoms with van der Waals surface area (Å²) in [5, 5.41) is 4.45. The molecule has 0 N–H and O–H groups in total. The van der Waals surface area contributed by atoms with Crippen LogP contribution in [0.1, 0.15) is 23.4 Å². The highest BCUT2D eigenvalue weighted by molar-refractivity contribution is 5.93. The van der Waals surface area contributed by atoms with Crippen molar-refractivity contribution >= 4 is 11.6 Å². The van der Waals surface area contributed by atoms with E-state index < -0.39 is 0 Å². The molecule has 4 nitrogen and oxygen atoms in total. The second kappa shape index (κ2) is 8.48. The molecule has 3 aromatic rings. The van der Waals surface area contributed by atoms with Crippen molar-refractivity contribution in [1.82, 2.24) is 9.78 Å². The normalized spacial score (nSPS) is 10.7. The Labute approximate surface area is 155 Å². The molecule has 134 valence electrons. The highest BCUT2D eigenvalue weighted by Gasteiger charge is 2.16. The summed E-state index contributed by atoms with van der Waals surface area (Å²) in [4.78, 5) is 14.8. The predicted octanol–water partition coefficient (Wildman–Crippen LogP) is 4.17. The van der Waals surface area contributed by atoms with Gasteiger partial charge in [0.05, 0.1) is 5.69 Å². The molecule has 0 saturated heterocycles. The molecular formula is C22H25N3O. The first-order valence-corrected chi connectivity index (χ1v) is 9.04. The van der Waals surface area contributed by atoms with Crippen molar-refractivity contribution in [2.45, 2.75) is 33.2 Å². The number of para-hydroxylation sites is 1. The van der Waals surface area contributed by atoms with Gasteiger partial charge < -0.3 is 4.90 Å². The third-order valence-electron chi connectivity index (χ3n) is 4.48. The lowest BCUT2D eigenvalue weighted by Crippen LogP contribution is -2.33. The second-order valence-corrected chi connectivity index (χ2v) is 6.52. The van der Waals surface area contributed by atoms with E-state index in [-0.39, 0.29) is 5.91 Å². The Kier molecular flexibility index (Phi) is 5.84. The molecular weight excluding hydrogens is 322 g/mol. The van der Waals surface area contributed by atoms with Crippen molar-refractivity contribution in [3.05, 3.63) is 83.7 Å². The number of hydrogen-bond acceptors (Lipinski definition) is 2. The van der Waals surface area contributed by atoms with E-state index in [9.17, 15) is 4.79 Å². The van der Waals surface area contributed by atoms with Crippen molar-refractivity contribution in [3.63, 3.8) is 0 Å². The maximum absolute atomic E-state index is 12.9. The van der Waals surface area contributed by atoms with Gasteiger partial charge in [-0.15, -0.1) is 0 Å². The Morgan fingerprint density at radius 2 is 1.65 bits per heavy atom. The van der Waals surface area contributed by atoms with Crippen molar-refractivity contribution in [2.24, 2.45) is 0 Å². The number of carbonyl (C=O) groups excluding carboxylic acids is 1. The van der Waals surface area contributed by atoms with Crippen LogP contribution in [0.25, 0.3) is 0 Å². The first kappa shape index (κ1) is 17.9. The zero-order valence-corrected chi connectivity index (χ0v) is 15.4. The van der Waals surface area contributed by atoms with E-state index in [0.29, 0.717) is 19.5 Å². The molecule has 26 heavy (non-hydrogen) atoms. The smallest absolute Gasteiger partial charge is 0.228 e. The summed E-state index contributed by atoms with van der Waals surface area (Å²) in [6.07, 6.45) is 1.27. The fraction of sp³-hybridized carbons (Fsp3) is 0.273. The van der Waals surface area contributed by atoms with Crippen molar-refractivity contribution in [3.8, 4) is 0 Å². The maximum Gasteiger partial charge on any atom is 0.228 e. The summed E-state index contributed by atoms with van der Waals surface area (Å²) in [6, 6.07) is 22.2. The minimum absolute atomic E-state index is 0.125. The molecule has 1 aromatic heterocycles. The fourth-order valence-electron chi connectivity index (χ4n) is 3.13. The molecule has 0 aliphatic heterocycles. The van der Waals surface area contributed by atoms with E-state index in [2.05, 4.69) is 17.2 Å². The molecule has 0 aliphatic rings. The van der Waals surface area contributed by atoms with E-state index in [1.165, 1.54) is 5.56 Å². The molecule has 0 spiro atoms. The summed E-state index contributed by atoms with van der Waals surface area (Å²) in [5.74, 6) is 0.125. The summed E-state index contributed by atoms with van der Waals surface area (Å²) in [5.41, 5.74) is 4.26. The molecule has 0 unspecified atom stereocenters. The highest BCUT2D eigenvalue weighted by Crippen LogP contribution is 2.16. The number of hydrogen-bond donors (Lipinski definition) is 0. The third-order valence-corrected chi connectivity index (χ3v) is 4.48. The van der Waals surface area contributed by atoms with Crippen LogP contribution in [0.4, 0.5) is 5.69 Å². The van der Waals surface area contributed by atoms with Gasteiger partial charge in [-0.3, -0.25) is 9.48 Å². The van der Waals surface area contributed by atoms with Gasteiger partial charge in [-0.05, 0) is 44.0 Å². The Morgan fingerprint density at radius 3 is 2.27 bits per heavy atom. The van der Waals surface area contributed by atoms with Crippen LogP contribution in [0, 0.1) is 13.8 Å². The second-order valence-electron chi connectivity index (χ2n) is 6.52. The molecule has 0 radical (unpaired) electrons. The Morgan fingerprint density at radius 1 is 1.00 bits per heavy atom. The van der Waals surface area contributed by atoms with Crippen LogP contribution in [0.3, 0.4) is 0 Å². The van der Waals surface area contributed by atoms with Gasteiger partial charge in [0.15, 0.2) is 0 Å². The zero-order valence-electron chi connectivity index (χ0n) is 15.4. The highest BCUT2D eigenvalue weighted by atomic mass is 16.2. The number of aryl methyl sites for hydroxylation is 3. The topological polar surface area (TPSA) is 38.1 Å². The van der Waals surface area contributed by atoms with Gasteiger partial charge in [0, 0.05) is 30.9 Å². The molecule has 0 fully saturated rings. The summed E-state index contributed by atoms with van der Waals surface area (Å²) < 4.78 is 1.91. The van der Waals surface area contributed by atoms with Crippen LogP contribution >= 0.6 is 0 Å². The van der Waals surface area contributed by atoms with Crippen LogP contribution in [-0.4, -0.2) is 22.2 Å². The fourth-order valence-corrected chi connectivity index (χ4v) is 3.13. The van der Waals surface area contributed by atoms with Crippen LogP contribution in [0.15, 0.2) is 66.7 Å². The SMILES string of the molecule is Cc1cc(C)n(CCC(=O)N(CCc2ccccc2)c2ccccc2)n1. The predicted molar refractivity (Wildman–Crippen MR) is 105 cm³/mol. The number of benzene rings is 2. The molecule has 0 atom stereocenters. The molecule has 3 rings (SSSR count). The Bertz CT molecular complexity index is 840. The van der Waals surface area contributed by atoms with Gasteiger partial charge in [-0.2, -0.15) is 5.10 Å². The monoisotopic (exact) mass is 347 g/mol. The minimum atomic E-state index is 0.125. The molecule has 2 aromatic carbocycles. The van der Waals surface area contributed by atoms with E-state index in [0.717, 1.165) is 23.5 Å². The van der Waals surface area contributed by atoms with E-state index in [1.807, 2.05) is 78.0 Å². The number of aromatic nitrogens is 2. The minimum Gasteiger partial charge on any atom is -0.312 e. The molecule has 0 aliphatic carbocycles. The van der Waals surface area contributed by atoms with Crippen molar-refractivity contribution in [2.75, 3.05) is 11.4 Å². The maximum atomic E-state index is 12.9. The number of rotatable bonds is 7. The largest absolute Gasteiger partial charge is 0.312 e. The molecule has 1 heterocycles. The molecule has 1 amide bonds. The zero-order chi connectivity index (χ0) is 18.4. The van der Waals surface area contributed by atoms with Crippen LogP contribution in [0.5, 0.6) is 0 Å². The summed E-state index contributed by atoms with van der Waals surface area (Å²) in [7, 11) is 0. The lowest BCUT2D eigenvalue weighted by atomic mass is 10.1. The van der Waals surface area contributed by atoms with E-state index >= 15 is 0 Å². The van der Waals surface area contributed by atoms with Crippen LogP contribution < -0.4 is 4.90 Å². The van der Waals surface area contributed by atoms with Gasteiger partial charge >= 0.3 is 0 Å².